The Kier molecular flexibility index (Phi) is 3.47. The van der Waals surface area contributed by atoms with E-state index in [-0.39, 0.29) is 10.7 Å². The molecular weight excluding hydrogens is 168 g/mol. The Hall–Kier alpha value is -0.640. The molecule has 1 unspecified atom stereocenters. The maximum atomic E-state index is 5.64. The lowest BCUT2D eigenvalue weighted by Gasteiger charge is -2.02. The van der Waals surface area contributed by atoms with Crippen molar-refractivity contribution in [2.45, 2.75) is 11.4 Å². The predicted octanol–water partition coefficient (Wildman–Crippen LogP) is 1.34. The second-order valence-electron chi connectivity index (χ2n) is 2.60. The van der Waals surface area contributed by atoms with Gasteiger partial charge in [-0.2, -0.15) is 0 Å². The average molecular weight is 182 g/mol. The highest BCUT2D eigenvalue weighted by Crippen LogP contribution is 2.16. The van der Waals surface area contributed by atoms with Crippen molar-refractivity contribution in [3.63, 3.8) is 0 Å². The Morgan fingerprint density at radius 1 is 1.42 bits per heavy atom. The summed E-state index contributed by atoms with van der Waals surface area (Å²) in [4.78, 5) is 1.11. The topological polar surface area (TPSA) is 38.0 Å². The molecule has 0 radical (unpaired) electrons. The fourth-order valence-corrected chi connectivity index (χ4v) is 1.47. The SMILES string of the molecule is C=S(N)c1ccc(CNC)cc1. The third kappa shape index (κ3) is 2.44. The van der Waals surface area contributed by atoms with Crippen LogP contribution in [0.25, 0.3) is 0 Å². The minimum absolute atomic E-state index is 0.362. The molecule has 0 spiro atoms. The average Bonchev–Trinajstić information content (AvgIpc) is 2.06. The van der Waals surface area contributed by atoms with Gasteiger partial charge in [0.05, 0.1) is 0 Å². The highest BCUT2D eigenvalue weighted by Gasteiger charge is 1.92. The molecule has 3 N–H and O–H groups in total. The van der Waals surface area contributed by atoms with Crippen molar-refractivity contribution < 1.29 is 0 Å². The smallest absolute Gasteiger partial charge is 0.0202 e. The Labute approximate surface area is 75.8 Å². The summed E-state index contributed by atoms with van der Waals surface area (Å²) in [5.74, 6) is 3.77. The monoisotopic (exact) mass is 182 g/mol. The van der Waals surface area contributed by atoms with Gasteiger partial charge in [0.15, 0.2) is 0 Å². The molecule has 0 heterocycles. The summed E-state index contributed by atoms with van der Waals surface area (Å²) in [5, 5.41) is 8.73. The molecule has 0 aliphatic heterocycles. The molecule has 0 amide bonds. The molecule has 1 rings (SSSR count). The zero-order valence-electron chi connectivity index (χ0n) is 7.21. The van der Waals surface area contributed by atoms with E-state index in [0.29, 0.717) is 0 Å². The zero-order valence-corrected chi connectivity index (χ0v) is 8.03. The molecule has 0 saturated heterocycles. The number of nitrogens with one attached hydrogen (secondary N) is 1. The van der Waals surface area contributed by atoms with Gasteiger partial charge in [0.25, 0.3) is 0 Å². The minimum atomic E-state index is -0.362. The van der Waals surface area contributed by atoms with E-state index in [0.717, 1.165) is 11.4 Å². The third-order valence-corrected chi connectivity index (χ3v) is 2.48. The van der Waals surface area contributed by atoms with Crippen LogP contribution in [0.5, 0.6) is 0 Å². The van der Waals surface area contributed by atoms with E-state index in [9.17, 15) is 0 Å². The van der Waals surface area contributed by atoms with Crippen molar-refractivity contribution in [1.29, 1.82) is 0 Å². The van der Waals surface area contributed by atoms with Crippen LogP contribution in [0, 0.1) is 0 Å². The molecule has 2 nitrogen and oxygen atoms in total. The number of hydrogen-bond donors (Lipinski definition) is 2. The van der Waals surface area contributed by atoms with Gasteiger partial charge in [0, 0.05) is 11.4 Å². The van der Waals surface area contributed by atoms with E-state index < -0.39 is 0 Å². The molecule has 3 heteroatoms. The van der Waals surface area contributed by atoms with Gasteiger partial charge in [-0.25, -0.2) is 0 Å². The van der Waals surface area contributed by atoms with Crippen LogP contribution in [0.4, 0.5) is 0 Å². The normalized spacial score (nSPS) is 12.8. The van der Waals surface area contributed by atoms with Crippen LogP contribution in [0.3, 0.4) is 0 Å². The van der Waals surface area contributed by atoms with Crippen LogP contribution >= 0.6 is 10.7 Å². The molecule has 1 aromatic rings. The van der Waals surface area contributed by atoms with Gasteiger partial charge in [0.1, 0.15) is 0 Å². The zero-order chi connectivity index (χ0) is 8.97. The van der Waals surface area contributed by atoms with E-state index in [1.807, 2.05) is 19.2 Å². The van der Waals surface area contributed by atoms with E-state index in [2.05, 4.69) is 23.3 Å². The van der Waals surface area contributed by atoms with Gasteiger partial charge in [0.2, 0.25) is 0 Å². The molecule has 1 atom stereocenters. The number of rotatable bonds is 3. The quantitative estimate of drug-likeness (QED) is 0.692. The van der Waals surface area contributed by atoms with Gasteiger partial charge in [-0.3, -0.25) is 5.14 Å². The Morgan fingerprint density at radius 2 is 2.00 bits per heavy atom. The summed E-state index contributed by atoms with van der Waals surface area (Å²) >= 11 is 0. The van der Waals surface area contributed by atoms with Gasteiger partial charge < -0.3 is 5.32 Å². The largest absolute Gasteiger partial charge is 0.316 e. The standard InChI is InChI=1S/C9H14N2S/c1-11-7-8-3-5-9(6-4-8)12(2)10/h3-6,11H,2,7,10H2,1H3. The fourth-order valence-electron chi connectivity index (χ4n) is 0.986. The molecule has 12 heavy (non-hydrogen) atoms. The van der Waals surface area contributed by atoms with E-state index >= 15 is 0 Å². The summed E-state index contributed by atoms with van der Waals surface area (Å²) in [6.45, 7) is 0.899. The minimum Gasteiger partial charge on any atom is -0.316 e. The highest BCUT2D eigenvalue weighted by atomic mass is 32.2. The molecular formula is C9H14N2S. The Balaban J connectivity index is 2.78. The van der Waals surface area contributed by atoms with Gasteiger partial charge in [-0.1, -0.05) is 28.7 Å². The van der Waals surface area contributed by atoms with E-state index in [4.69, 9.17) is 5.14 Å². The lowest BCUT2D eigenvalue weighted by Crippen LogP contribution is -2.04. The Morgan fingerprint density at radius 3 is 2.42 bits per heavy atom. The van der Waals surface area contributed by atoms with Crippen molar-refractivity contribution >= 4 is 16.5 Å². The molecule has 1 aromatic carbocycles. The van der Waals surface area contributed by atoms with Crippen LogP contribution in [-0.4, -0.2) is 12.9 Å². The molecule has 0 aliphatic rings. The molecule has 0 bridgehead atoms. The second kappa shape index (κ2) is 4.40. The van der Waals surface area contributed by atoms with Crippen molar-refractivity contribution in [2.75, 3.05) is 7.05 Å². The van der Waals surface area contributed by atoms with Crippen molar-refractivity contribution in [3.8, 4) is 0 Å². The number of hydrogen-bond acceptors (Lipinski definition) is 2. The van der Waals surface area contributed by atoms with Gasteiger partial charge >= 0.3 is 0 Å². The lowest BCUT2D eigenvalue weighted by molar-refractivity contribution is 0.817. The molecule has 0 fully saturated rings. The summed E-state index contributed by atoms with van der Waals surface area (Å²) in [6.07, 6.45) is 0. The van der Waals surface area contributed by atoms with E-state index in [1.54, 1.807) is 0 Å². The van der Waals surface area contributed by atoms with Crippen LogP contribution < -0.4 is 10.5 Å². The number of benzene rings is 1. The van der Waals surface area contributed by atoms with E-state index in [1.165, 1.54) is 5.56 Å². The first-order valence-corrected chi connectivity index (χ1v) is 5.21. The third-order valence-electron chi connectivity index (χ3n) is 1.61. The van der Waals surface area contributed by atoms with Crippen molar-refractivity contribution in [3.05, 3.63) is 29.8 Å². The number of nitrogens with two attached hydrogens (primary N) is 1. The lowest BCUT2D eigenvalue weighted by atomic mass is 10.2. The maximum absolute atomic E-state index is 5.64. The highest BCUT2D eigenvalue weighted by molar-refractivity contribution is 8.12. The van der Waals surface area contributed by atoms with Crippen LogP contribution in [-0.2, 0) is 6.54 Å². The van der Waals surface area contributed by atoms with Crippen molar-refractivity contribution in [1.82, 2.24) is 5.32 Å². The van der Waals surface area contributed by atoms with Gasteiger partial charge in [-0.05, 0) is 24.7 Å². The van der Waals surface area contributed by atoms with Crippen molar-refractivity contribution in [2.24, 2.45) is 5.14 Å². The molecule has 0 aliphatic carbocycles. The Bertz CT molecular complexity index is 266. The summed E-state index contributed by atoms with van der Waals surface area (Å²) in [7, 11) is 1.57. The van der Waals surface area contributed by atoms with Gasteiger partial charge in [-0.15, -0.1) is 0 Å². The molecule has 0 aromatic heterocycles. The van der Waals surface area contributed by atoms with Crippen LogP contribution in [0.2, 0.25) is 0 Å². The predicted molar refractivity (Wildman–Crippen MR) is 56.4 cm³/mol. The summed E-state index contributed by atoms with van der Waals surface area (Å²) in [6, 6.07) is 8.21. The summed E-state index contributed by atoms with van der Waals surface area (Å²) in [5.41, 5.74) is 1.27. The molecule has 0 saturated carbocycles. The second-order valence-corrected chi connectivity index (χ2v) is 3.93. The van der Waals surface area contributed by atoms with Crippen LogP contribution in [0.15, 0.2) is 29.2 Å². The first kappa shape index (κ1) is 9.45. The molecule has 66 valence electrons. The maximum Gasteiger partial charge on any atom is 0.0202 e. The first-order chi connectivity index (χ1) is 5.74. The summed E-state index contributed by atoms with van der Waals surface area (Å²) < 4.78 is 0. The first-order valence-electron chi connectivity index (χ1n) is 3.76. The fraction of sp³-hybridized carbons (Fsp3) is 0.222. The van der Waals surface area contributed by atoms with Crippen LogP contribution in [0.1, 0.15) is 5.56 Å².